The van der Waals surface area contributed by atoms with Crippen molar-refractivity contribution in [2.45, 2.75) is 12.6 Å². The van der Waals surface area contributed by atoms with E-state index in [1.54, 1.807) is 0 Å². The van der Waals surface area contributed by atoms with Crippen LogP contribution in [0.4, 0.5) is 0 Å². The lowest BCUT2D eigenvalue weighted by molar-refractivity contribution is -0.0864. The molecule has 0 spiro atoms. The third-order valence-corrected chi connectivity index (χ3v) is 3.31. The van der Waals surface area contributed by atoms with E-state index in [4.69, 9.17) is 9.47 Å². The smallest absolute Gasteiger partial charge is 0.0933 e. The Balaban J connectivity index is 1.62. The van der Waals surface area contributed by atoms with Gasteiger partial charge in [-0.2, -0.15) is 0 Å². The van der Waals surface area contributed by atoms with E-state index in [9.17, 15) is 0 Å². The van der Waals surface area contributed by atoms with Gasteiger partial charge >= 0.3 is 0 Å². The van der Waals surface area contributed by atoms with Crippen molar-refractivity contribution in [1.29, 1.82) is 0 Å². The Bertz CT molecular complexity index is 533. The van der Waals surface area contributed by atoms with Gasteiger partial charge in [0.25, 0.3) is 0 Å². The van der Waals surface area contributed by atoms with Crippen molar-refractivity contribution in [3.63, 3.8) is 0 Å². The summed E-state index contributed by atoms with van der Waals surface area (Å²) in [5, 5.41) is 4.64. The van der Waals surface area contributed by atoms with Crippen LogP contribution in [0.25, 0.3) is 10.9 Å². The summed E-state index contributed by atoms with van der Waals surface area (Å²) in [6.45, 7) is 3.74. The molecule has 3 rings (SSSR count). The van der Waals surface area contributed by atoms with E-state index < -0.39 is 0 Å². The van der Waals surface area contributed by atoms with Gasteiger partial charge in [-0.1, -0.05) is 18.2 Å². The Morgan fingerprint density at radius 2 is 2.16 bits per heavy atom. The summed E-state index contributed by atoms with van der Waals surface area (Å²) in [5.41, 5.74) is 2.31. The van der Waals surface area contributed by atoms with Gasteiger partial charge in [-0.05, 0) is 17.7 Å². The van der Waals surface area contributed by atoms with E-state index in [1.807, 2.05) is 24.4 Å². The molecule has 1 fully saturated rings. The maximum absolute atomic E-state index is 5.60. The molecule has 1 aliphatic heterocycles. The minimum Gasteiger partial charge on any atom is -0.376 e. The fraction of sp³-hybridized carbons (Fsp3) is 0.400. The average molecular weight is 258 g/mol. The maximum atomic E-state index is 5.60. The normalized spacial score (nSPS) is 19.7. The Morgan fingerprint density at radius 3 is 3.05 bits per heavy atom. The Kier molecular flexibility index (Phi) is 4.03. The van der Waals surface area contributed by atoms with E-state index in [1.165, 1.54) is 10.9 Å². The van der Waals surface area contributed by atoms with Crippen LogP contribution in [0.2, 0.25) is 0 Å². The van der Waals surface area contributed by atoms with Gasteiger partial charge in [-0.3, -0.25) is 4.98 Å². The highest BCUT2D eigenvalue weighted by Crippen LogP contribution is 2.15. The summed E-state index contributed by atoms with van der Waals surface area (Å²) < 4.78 is 11.0. The molecule has 1 N–H and O–H groups in total. The first-order valence-electron chi connectivity index (χ1n) is 6.66. The molecule has 2 heterocycles. The zero-order valence-corrected chi connectivity index (χ0v) is 10.8. The number of fused-ring (bicyclic) bond motifs is 1. The molecule has 1 aliphatic rings. The Labute approximate surface area is 112 Å². The third-order valence-electron chi connectivity index (χ3n) is 3.31. The molecule has 0 aliphatic carbocycles. The molecule has 4 heteroatoms. The number of pyridine rings is 1. The second-order valence-electron chi connectivity index (χ2n) is 4.69. The van der Waals surface area contributed by atoms with Crippen molar-refractivity contribution in [3.05, 3.63) is 42.1 Å². The second kappa shape index (κ2) is 6.10. The summed E-state index contributed by atoms with van der Waals surface area (Å²) in [4.78, 5) is 4.37. The molecule has 0 amide bonds. The fourth-order valence-electron chi connectivity index (χ4n) is 2.33. The predicted octanol–water partition coefficient (Wildman–Crippen LogP) is 1.74. The molecule has 19 heavy (non-hydrogen) atoms. The van der Waals surface area contributed by atoms with Crippen LogP contribution in [0.1, 0.15) is 5.56 Å². The average Bonchev–Trinajstić information content (AvgIpc) is 2.49. The lowest BCUT2D eigenvalue weighted by Gasteiger charge is -2.23. The molecule has 4 nitrogen and oxygen atoms in total. The molecular formula is C15H18N2O2. The number of hydrogen-bond donors (Lipinski definition) is 1. The van der Waals surface area contributed by atoms with Gasteiger partial charge < -0.3 is 14.8 Å². The Morgan fingerprint density at radius 1 is 1.21 bits per heavy atom. The van der Waals surface area contributed by atoms with E-state index in [0.717, 1.165) is 18.6 Å². The molecule has 0 saturated carbocycles. The first kappa shape index (κ1) is 12.5. The molecule has 1 atom stereocenters. The van der Waals surface area contributed by atoms with Gasteiger partial charge in [0.15, 0.2) is 0 Å². The van der Waals surface area contributed by atoms with Crippen molar-refractivity contribution >= 4 is 10.9 Å². The quantitative estimate of drug-likeness (QED) is 0.907. The standard InChI is InChI=1S/C15H18N2O2/c1-2-4-15-14(3-1)12(5-6-17-15)9-16-10-13-11-18-7-8-19-13/h1-6,13,16H,7-11H2. The minimum absolute atomic E-state index is 0.168. The number of para-hydroxylation sites is 1. The molecular weight excluding hydrogens is 240 g/mol. The zero-order chi connectivity index (χ0) is 12.9. The largest absolute Gasteiger partial charge is 0.376 e. The first-order chi connectivity index (χ1) is 9.43. The summed E-state index contributed by atoms with van der Waals surface area (Å²) in [6.07, 6.45) is 2.03. The van der Waals surface area contributed by atoms with Gasteiger partial charge in [0.2, 0.25) is 0 Å². The zero-order valence-electron chi connectivity index (χ0n) is 10.8. The summed E-state index contributed by atoms with van der Waals surface area (Å²) >= 11 is 0. The SMILES string of the molecule is c1ccc2c(CNCC3COCCO3)ccnc2c1. The highest BCUT2D eigenvalue weighted by molar-refractivity contribution is 5.81. The van der Waals surface area contributed by atoms with Crippen LogP contribution in [0, 0.1) is 0 Å². The van der Waals surface area contributed by atoms with E-state index in [0.29, 0.717) is 19.8 Å². The molecule has 1 aromatic carbocycles. The molecule has 1 aromatic heterocycles. The lowest BCUT2D eigenvalue weighted by atomic mass is 10.1. The van der Waals surface area contributed by atoms with Crippen molar-refractivity contribution in [2.75, 3.05) is 26.4 Å². The Hall–Kier alpha value is -1.49. The van der Waals surface area contributed by atoms with Crippen molar-refractivity contribution in [3.8, 4) is 0 Å². The van der Waals surface area contributed by atoms with Crippen LogP contribution in [0.3, 0.4) is 0 Å². The number of ether oxygens (including phenoxy) is 2. The monoisotopic (exact) mass is 258 g/mol. The van der Waals surface area contributed by atoms with Crippen molar-refractivity contribution in [2.24, 2.45) is 0 Å². The van der Waals surface area contributed by atoms with Crippen LogP contribution in [-0.4, -0.2) is 37.5 Å². The predicted molar refractivity (Wildman–Crippen MR) is 74.0 cm³/mol. The van der Waals surface area contributed by atoms with Crippen LogP contribution in [0.15, 0.2) is 36.5 Å². The van der Waals surface area contributed by atoms with Gasteiger partial charge in [-0.25, -0.2) is 0 Å². The third kappa shape index (κ3) is 3.10. The van der Waals surface area contributed by atoms with Crippen molar-refractivity contribution in [1.82, 2.24) is 10.3 Å². The molecule has 0 bridgehead atoms. The summed E-state index contributed by atoms with van der Waals surface area (Å²) in [7, 11) is 0. The van der Waals surface area contributed by atoms with Crippen LogP contribution >= 0.6 is 0 Å². The number of aromatic nitrogens is 1. The number of nitrogens with zero attached hydrogens (tertiary/aromatic N) is 1. The highest BCUT2D eigenvalue weighted by Gasteiger charge is 2.13. The molecule has 1 saturated heterocycles. The van der Waals surface area contributed by atoms with Crippen LogP contribution in [0.5, 0.6) is 0 Å². The van der Waals surface area contributed by atoms with E-state index in [2.05, 4.69) is 22.4 Å². The maximum Gasteiger partial charge on any atom is 0.0933 e. The number of rotatable bonds is 4. The van der Waals surface area contributed by atoms with Crippen LogP contribution < -0.4 is 5.32 Å². The van der Waals surface area contributed by atoms with Crippen LogP contribution in [-0.2, 0) is 16.0 Å². The topological polar surface area (TPSA) is 43.4 Å². The fourth-order valence-corrected chi connectivity index (χ4v) is 2.33. The van der Waals surface area contributed by atoms with E-state index in [-0.39, 0.29) is 6.10 Å². The van der Waals surface area contributed by atoms with Crippen molar-refractivity contribution < 1.29 is 9.47 Å². The van der Waals surface area contributed by atoms with Gasteiger partial charge in [0.05, 0.1) is 31.4 Å². The number of hydrogen-bond acceptors (Lipinski definition) is 4. The first-order valence-corrected chi connectivity index (χ1v) is 6.66. The summed E-state index contributed by atoms with van der Waals surface area (Å²) in [6, 6.07) is 10.3. The summed E-state index contributed by atoms with van der Waals surface area (Å²) in [5.74, 6) is 0. The second-order valence-corrected chi connectivity index (χ2v) is 4.69. The minimum atomic E-state index is 0.168. The van der Waals surface area contributed by atoms with Gasteiger partial charge in [0.1, 0.15) is 0 Å². The molecule has 0 radical (unpaired) electrons. The van der Waals surface area contributed by atoms with Gasteiger partial charge in [-0.15, -0.1) is 0 Å². The van der Waals surface area contributed by atoms with E-state index >= 15 is 0 Å². The molecule has 1 unspecified atom stereocenters. The molecule has 2 aromatic rings. The number of benzene rings is 1. The van der Waals surface area contributed by atoms with Gasteiger partial charge in [0, 0.05) is 24.7 Å². The lowest BCUT2D eigenvalue weighted by Crippen LogP contribution is -2.37. The molecule has 100 valence electrons. The number of nitrogens with one attached hydrogen (secondary N) is 1. The highest BCUT2D eigenvalue weighted by atomic mass is 16.6.